The lowest BCUT2D eigenvalue weighted by Crippen LogP contribution is -1.92. The lowest BCUT2D eigenvalue weighted by molar-refractivity contribution is 0.415. The number of methoxy groups -OCH3 is 1. The first-order valence-corrected chi connectivity index (χ1v) is 6.18. The summed E-state index contributed by atoms with van der Waals surface area (Å²) in [5.41, 5.74) is 2.36. The van der Waals surface area contributed by atoms with Crippen molar-refractivity contribution in [3.63, 3.8) is 0 Å². The number of aromatic nitrogens is 1. The molecule has 84 valence electrons. The molecule has 0 aliphatic carbocycles. The number of benzene rings is 1. The van der Waals surface area contributed by atoms with E-state index >= 15 is 0 Å². The summed E-state index contributed by atoms with van der Waals surface area (Å²) in [6.45, 7) is 4.36. The van der Waals surface area contributed by atoms with Gasteiger partial charge in [-0.2, -0.15) is 0 Å². The number of hydrogen-bond acceptors (Lipinski definition) is 3. The fourth-order valence-corrected chi connectivity index (χ4v) is 2.27. The summed E-state index contributed by atoms with van der Waals surface area (Å²) >= 11 is 1.63. The maximum atomic E-state index is 5.43. The van der Waals surface area contributed by atoms with Gasteiger partial charge in [0.05, 0.1) is 12.7 Å². The fourth-order valence-electron chi connectivity index (χ4n) is 1.60. The van der Waals surface area contributed by atoms with Crippen LogP contribution in [0, 0.1) is 0 Å². The van der Waals surface area contributed by atoms with Gasteiger partial charge in [-0.1, -0.05) is 19.9 Å². The Morgan fingerprint density at radius 3 is 2.69 bits per heavy atom. The van der Waals surface area contributed by atoms with Crippen LogP contribution in [-0.2, 0) is 0 Å². The number of thiazole rings is 1. The van der Waals surface area contributed by atoms with Crippen molar-refractivity contribution in [2.45, 2.75) is 19.8 Å². The van der Waals surface area contributed by atoms with Gasteiger partial charge in [-0.05, 0) is 23.6 Å². The Kier molecular flexibility index (Phi) is 3.25. The first-order valence-electron chi connectivity index (χ1n) is 5.30. The number of nitrogens with zero attached hydrogens (tertiary/aromatic N) is 1. The quantitative estimate of drug-likeness (QED) is 0.801. The zero-order chi connectivity index (χ0) is 11.5. The van der Waals surface area contributed by atoms with Crippen LogP contribution in [0.25, 0.3) is 10.6 Å². The van der Waals surface area contributed by atoms with E-state index in [9.17, 15) is 0 Å². The molecule has 16 heavy (non-hydrogen) atoms. The first-order chi connectivity index (χ1) is 7.72. The van der Waals surface area contributed by atoms with Gasteiger partial charge >= 0.3 is 0 Å². The first kappa shape index (κ1) is 11.1. The van der Waals surface area contributed by atoms with Gasteiger partial charge in [0.15, 0.2) is 0 Å². The second-order valence-electron chi connectivity index (χ2n) is 3.95. The van der Waals surface area contributed by atoms with Crippen LogP contribution in [0.2, 0.25) is 0 Å². The van der Waals surface area contributed by atoms with Gasteiger partial charge in [-0.3, -0.25) is 0 Å². The van der Waals surface area contributed by atoms with Gasteiger partial charge in [0.25, 0.3) is 0 Å². The second-order valence-corrected chi connectivity index (χ2v) is 4.85. The standard InChI is InChI=1S/C13H15NOS/c1-9(2)10-4-5-11(12(8-10)15-3)13-14-6-7-16-13/h4-9H,1-3H3. The highest BCUT2D eigenvalue weighted by Crippen LogP contribution is 2.33. The minimum Gasteiger partial charge on any atom is -0.496 e. The van der Waals surface area contributed by atoms with Gasteiger partial charge in [0, 0.05) is 11.6 Å². The molecule has 0 amide bonds. The molecule has 3 heteroatoms. The van der Waals surface area contributed by atoms with Crippen LogP contribution in [0.1, 0.15) is 25.3 Å². The molecule has 0 aliphatic rings. The predicted molar refractivity (Wildman–Crippen MR) is 68.2 cm³/mol. The Morgan fingerprint density at radius 1 is 1.31 bits per heavy atom. The summed E-state index contributed by atoms with van der Waals surface area (Å²) in [6.07, 6.45) is 1.82. The molecule has 0 radical (unpaired) electrons. The second kappa shape index (κ2) is 4.66. The number of rotatable bonds is 3. The van der Waals surface area contributed by atoms with Crippen molar-refractivity contribution in [1.29, 1.82) is 0 Å². The minimum atomic E-state index is 0.513. The molecule has 2 aromatic rings. The highest BCUT2D eigenvalue weighted by atomic mass is 32.1. The van der Waals surface area contributed by atoms with Gasteiger partial charge in [0.2, 0.25) is 0 Å². The zero-order valence-electron chi connectivity index (χ0n) is 9.73. The fraction of sp³-hybridized carbons (Fsp3) is 0.308. The smallest absolute Gasteiger partial charge is 0.129 e. The van der Waals surface area contributed by atoms with Crippen LogP contribution in [-0.4, -0.2) is 12.1 Å². The van der Waals surface area contributed by atoms with E-state index in [0.29, 0.717) is 5.92 Å². The summed E-state index contributed by atoms with van der Waals surface area (Å²) in [5.74, 6) is 1.42. The molecular formula is C13H15NOS. The van der Waals surface area contributed by atoms with Crippen LogP contribution in [0.4, 0.5) is 0 Å². The monoisotopic (exact) mass is 233 g/mol. The SMILES string of the molecule is COc1cc(C(C)C)ccc1-c1nccs1. The largest absolute Gasteiger partial charge is 0.496 e. The molecule has 2 nitrogen and oxygen atoms in total. The van der Waals surface area contributed by atoms with E-state index < -0.39 is 0 Å². The molecule has 2 rings (SSSR count). The van der Waals surface area contributed by atoms with Gasteiger partial charge in [0.1, 0.15) is 10.8 Å². The zero-order valence-corrected chi connectivity index (χ0v) is 10.5. The summed E-state index contributed by atoms with van der Waals surface area (Å²) in [6, 6.07) is 6.33. The van der Waals surface area contributed by atoms with Crippen molar-refractivity contribution < 1.29 is 4.74 Å². The highest BCUT2D eigenvalue weighted by Gasteiger charge is 2.10. The van der Waals surface area contributed by atoms with E-state index in [1.54, 1.807) is 18.4 Å². The van der Waals surface area contributed by atoms with Crippen molar-refractivity contribution in [2.75, 3.05) is 7.11 Å². The molecule has 1 aromatic heterocycles. The molecule has 0 saturated carbocycles. The average molecular weight is 233 g/mol. The van der Waals surface area contributed by atoms with Crippen molar-refractivity contribution >= 4 is 11.3 Å². The summed E-state index contributed by atoms with van der Waals surface area (Å²) in [5, 5.41) is 2.98. The average Bonchev–Trinajstić information content (AvgIpc) is 2.81. The molecule has 0 N–H and O–H groups in total. The number of hydrogen-bond donors (Lipinski definition) is 0. The van der Waals surface area contributed by atoms with Crippen molar-refractivity contribution in [3.05, 3.63) is 35.3 Å². The van der Waals surface area contributed by atoms with E-state index in [1.165, 1.54) is 5.56 Å². The Labute approximate surface area is 99.9 Å². The lowest BCUT2D eigenvalue weighted by Gasteiger charge is -2.11. The summed E-state index contributed by atoms with van der Waals surface area (Å²) < 4.78 is 5.43. The molecule has 0 aliphatic heterocycles. The van der Waals surface area contributed by atoms with Crippen LogP contribution in [0.15, 0.2) is 29.8 Å². The molecular weight excluding hydrogens is 218 g/mol. The van der Waals surface area contributed by atoms with Gasteiger partial charge in [-0.15, -0.1) is 11.3 Å². The predicted octanol–water partition coefficient (Wildman–Crippen LogP) is 3.94. The maximum absolute atomic E-state index is 5.43. The van der Waals surface area contributed by atoms with E-state index in [1.807, 2.05) is 11.6 Å². The van der Waals surface area contributed by atoms with Crippen LogP contribution in [0.5, 0.6) is 5.75 Å². The van der Waals surface area contributed by atoms with Crippen molar-refractivity contribution in [1.82, 2.24) is 4.98 Å². The highest BCUT2D eigenvalue weighted by molar-refractivity contribution is 7.13. The molecule has 0 saturated heterocycles. The van der Waals surface area contributed by atoms with Crippen LogP contribution in [0.3, 0.4) is 0 Å². The van der Waals surface area contributed by atoms with Crippen molar-refractivity contribution in [2.24, 2.45) is 0 Å². The summed E-state index contributed by atoms with van der Waals surface area (Å²) in [4.78, 5) is 4.31. The molecule has 0 fully saturated rings. The topological polar surface area (TPSA) is 22.1 Å². The number of ether oxygens (including phenoxy) is 1. The molecule has 0 bridgehead atoms. The Bertz CT molecular complexity index is 463. The molecule has 1 heterocycles. The Balaban J connectivity index is 2.47. The molecule has 0 atom stereocenters. The Hall–Kier alpha value is -1.35. The van der Waals surface area contributed by atoms with E-state index in [-0.39, 0.29) is 0 Å². The third kappa shape index (κ3) is 2.09. The summed E-state index contributed by atoms with van der Waals surface area (Å²) in [7, 11) is 1.70. The lowest BCUT2D eigenvalue weighted by atomic mass is 10.0. The molecule has 0 spiro atoms. The minimum absolute atomic E-state index is 0.513. The van der Waals surface area contributed by atoms with Crippen LogP contribution < -0.4 is 4.74 Å². The Morgan fingerprint density at radius 2 is 2.12 bits per heavy atom. The van der Waals surface area contributed by atoms with E-state index in [4.69, 9.17) is 4.74 Å². The van der Waals surface area contributed by atoms with Gasteiger partial charge in [-0.25, -0.2) is 4.98 Å². The van der Waals surface area contributed by atoms with Crippen LogP contribution >= 0.6 is 11.3 Å². The molecule has 1 aromatic carbocycles. The maximum Gasteiger partial charge on any atom is 0.129 e. The third-order valence-electron chi connectivity index (χ3n) is 2.55. The van der Waals surface area contributed by atoms with Gasteiger partial charge < -0.3 is 4.74 Å². The van der Waals surface area contributed by atoms with E-state index in [0.717, 1.165) is 16.3 Å². The molecule has 0 unspecified atom stereocenters. The normalized spacial score (nSPS) is 10.8. The third-order valence-corrected chi connectivity index (χ3v) is 3.36. The van der Waals surface area contributed by atoms with Crippen molar-refractivity contribution in [3.8, 4) is 16.3 Å². The van der Waals surface area contributed by atoms with E-state index in [2.05, 4.69) is 37.0 Å².